The Hall–Kier alpha value is -1.80. The van der Waals surface area contributed by atoms with Crippen LogP contribution in [-0.4, -0.2) is 9.78 Å². The van der Waals surface area contributed by atoms with Gasteiger partial charge in [0.15, 0.2) is 0 Å². The molecule has 2 aromatic rings. The molecule has 0 amide bonds. The summed E-state index contributed by atoms with van der Waals surface area (Å²) in [7, 11) is 1.83. The van der Waals surface area contributed by atoms with Gasteiger partial charge in [-0.15, -0.1) is 0 Å². The van der Waals surface area contributed by atoms with Crippen LogP contribution in [0.3, 0.4) is 0 Å². The molecular formula is C12H10FN3S. The van der Waals surface area contributed by atoms with E-state index >= 15 is 0 Å². The van der Waals surface area contributed by atoms with E-state index in [2.05, 4.69) is 5.10 Å². The minimum absolute atomic E-state index is 0.325. The van der Waals surface area contributed by atoms with Crippen molar-refractivity contribution < 1.29 is 4.39 Å². The Morgan fingerprint density at radius 2 is 2.12 bits per heavy atom. The highest BCUT2D eigenvalue weighted by atomic mass is 32.2. The first kappa shape index (κ1) is 11.7. The van der Waals surface area contributed by atoms with E-state index in [-0.39, 0.29) is 0 Å². The van der Waals surface area contributed by atoms with Crippen molar-refractivity contribution in [2.75, 3.05) is 0 Å². The Kier molecular flexibility index (Phi) is 3.16. The van der Waals surface area contributed by atoms with Crippen LogP contribution in [0, 0.1) is 24.1 Å². The Morgan fingerprint density at radius 3 is 2.71 bits per heavy atom. The number of hydrogen-bond donors (Lipinski definition) is 0. The highest BCUT2D eigenvalue weighted by Crippen LogP contribution is 2.29. The lowest BCUT2D eigenvalue weighted by molar-refractivity contribution is 0.623. The number of hydrogen-bond acceptors (Lipinski definition) is 3. The Morgan fingerprint density at radius 1 is 1.35 bits per heavy atom. The molecule has 0 atom stereocenters. The van der Waals surface area contributed by atoms with Gasteiger partial charge in [0.05, 0.1) is 22.4 Å². The molecular weight excluding hydrogens is 237 g/mol. The fourth-order valence-corrected chi connectivity index (χ4v) is 2.49. The molecule has 1 aromatic heterocycles. The molecule has 86 valence electrons. The minimum atomic E-state index is -0.398. The molecule has 1 aromatic carbocycles. The third-order valence-corrected chi connectivity index (χ3v) is 3.24. The number of nitriles is 1. The van der Waals surface area contributed by atoms with Crippen molar-refractivity contribution in [3.05, 3.63) is 41.3 Å². The molecule has 5 heteroatoms. The van der Waals surface area contributed by atoms with Crippen LogP contribution in [-0.2, 0) is 7.05 Å². The van der Waals surface area contributed by atoms with E-state index in [0.717, 1.165) is 10.7 Å². The van der Waals surface area contributed by atoms with Gasteiger partial charge in [0.2, 0.25) is 0 Å². The summed E-state index contributed by atoms with van der Waals surface area (Å²) in [5, 5.41) is 13.9. The standard InChI is InChI=1S/C12H10FN3S/c1-8-3-12(16(2)15-8)17-11-5-9(7-14)4-10(13)6-11/h3-6H,1-2H3. The quantitative estimate of drug-likeness (QED) is 0.819. The van der Waals surface area contributed by atoms with Crippen LogP contribution in [0.2, 0.25) is 0 Å². The normalized spacial score (nSPS) is 10.2. The van der Waals surface area contributed by atoms with E-state index in [1.807, 2.05) is 26.1 Å². The predicted octanol–water partition coefficient (Wildman–Crippen LogP) is 2.89. The van der Waals surface area contributed by atoms with Gasteiger partial charge in [0.1, 0.15) is 5.82 Å². The molecule has 1 heterocycles. The van der Waals surface area contributed by atoms with Gasteiger partial charge in [-0.2, -0.15) is 10.4 Å². The summed E-state index contributed by atoms with van der Waals surface area (Å²) in [4.78, 5) is 0.699. The molecule has 0 radical (unpaired) electrons. The molecule has 0 bridgehead atoms. The van der Waals surface area contributed by atoms with Gasteiger partial charge in [-0.1, -0.05) is 11.8 Å². The molecule has 0 aliphatic heterocycles. The number of benzene rings is 1. The highest BCUT2D eigenvalue weighted by molar-refractivity contribution is 7.99. The minimum Gasteiger partial charge on any atom is -0.262 e. The van der Waals surface area contributed by atoms with Crippen molar-refractivity contribution in [2.45, 2.75) is 16.8 Å². The van der Waals surface area contributed by atoms with E-state index in [1.165, 1.54) is 23.9 Å². The first-order valence-corrected chi connectivity index (χ1v) is 5.79. The van der Waals surface area contributed by atoms with Crippen molar-refractivity contribution in [1.29, 1.82) is 5.26 Å². The average Bonchev–Trinajstić information content (AvgIpc) is 2.56. The zero-order chi connectivity index (χ0) is 12.4. The molecule has 0 aliphatic rings. The first-order chi connectivity index (χ1) is 8.08. The maximum absolute atomic E-state index is 13.2. The summed E-state index contributed by atoms with van der Waals surface area (Å²) in [6.07, 6.45) is 0. The van der Waals surface area contributed by atoms with E-state index in [1.54, 1.807) is 10.7 Å². The van der Waals surface area contributed by atoms with E-state index in [9.17, 15) is 4.39 Å². The van der Waals surface area contributed by atoms with Gasteiger partial charge in [-0.05, 0) is 31.2 Å². The number of aryl methyl sites for hydroxylation is 2. The van der Waals surface area contributed by atoms with Crippen molar-refractivity contribution in [3.63, 3.8) is 0 Å². The second-order valence-corrected chi connectivity index (χ2v) is 4.73. The number of nitrogens with zero attached hydrogens (tertiary/aromatic N) is 3. The molecule has 0 unspecified atom stereocenters. The van der Waals surface area contributed by atoms with Gasteiger partial charge in [-0.3, -0.25) is 4.68 Å². The number of halogens is 1. The van der Waals surface area contributed by atoms with Crippen LogP contribution in [0.25, 0.3) is 0 Å². The lowest BCUT2D eigenvalue weighted by Gasteiger charge is -2.02. The van der Waals surface area contributed by atoms with Crippen LogP contribution >= 0.6 is 11.8 Å². The second kappa shape index (κ2) is 4.60. The molecule has 0 saturated heterocycles. The van der Waals surface area contributed by atoms with E-state index in [0.29, 0.717) is 10.5 Å². The summed E-state index contributed by atoms with van der Waals surface area (Å²) in [5.74, 6) is -0.398. The van der Waals surface area contributed by atoms with Crippen LogP contribution in [0.4, 0.5) is 4.39 Å². The lowest BCUT2D eigenvalue weighted by Crippen LogP contribution is -1.92. The van der Waals surface area contributed by atoms with Crippen molar-refractivity contribution >= 4 is 11.8 Å². The zero-order valence-corrected chi connectivity index (χ0v) is 10.3. The molecule has 3 nitrogen and oxygen atoms in total. The van der Waals surface area contributed by atoms with Crippen LogP contribution in [0.5, 0.6) is 0 Å². The number of rotatable bonds is 2. The largest absolute Gasteiger partial charge is 0.262 e. The van der Waals surface area contributed by atoms with Gasteiger partial charge >= 0.3 is 0 Å². The number of aromatic nitrogens is 2. The SMILES string of the molecule is Cc1cc(Sc2cc(F)cc(C#N)c2)n(C)n1. The van der Waals surface area contributed by atoms with Crippen molar-refractivity contribution in [3.8, 4) is 6.07 Å². The van der Waals surface area contributed by atoms with Crippen LogP contribution < -0.4 is 0 Å². The lowest BCUT2D eigenvalue weighted by atomic mass is 10.2. The molecule has 0 saturated carbocycles. The van der Waals surface area contributed by atoms with Gasteiger partial charge in [-0.25, -0.2) is 4.39 Å². The first-order valence-electron chi connectivity index (χ1n) is 4.97. The monoisotopic (exact) mass is 247 g/mol. The average molecular weight is 247 g/mol. The topological polar surface area (TPSA) is 41.6 Å². The highest BCUT2D eigenvalue weighted by Gasteiger charge is 2.06. The molecule has 0 aliphatic carbocycles. The second-order valence-electron chi connectivity index (χ2n) is 3.64. The van der Waals surface area contributed by atoms with Crippen LogP contribution in [0.15, 0.2) is 34.2 Å². The summed E-state index contributed by atoms with van der Waals surface area (Å²) >= 11 is 1.39. The molecule has 17 heavy (non-hydrogen) atoms. The molecule has 0 fully saturated rings. The maximum Gasteiger partial charge on any atom is 0.125 e. The molecule has 2 rings (SSSR count). The third-order valence-electron chi connectivity index (χ3n) is 2.18. The Balaban J connectivity index is 2.33. The summed E-state index contributed by atoms with van der Waals surface area (Å²) in [6.45, 7) is 1.90. The third kappa shape index (κ3) is 2.66. The predicted molar refractivity (Wildman–Crippen MR) is 63.2 cm³/mol. The van der Waals surface area contributed by atoms with Crippen molar-refractivity contribution in [1.82, 2.24) is 9.78 Å². The van der Waals surface area contributed by atoms with Gasteiger partial charge < -0.3 is 0 Å². The fraction of sp³-hybridized carbons (Fsp3) is 0.167. The van der Waals surface area contributed by atoms with Crippen molar-refractivity contribution in [2.24, 2.45) is 7.05 Å². The van der Waals surface area contributed by atoms with Crippen LogP contribution in [0.1, 0.15) is 11.3 Å². The zero-order valence-electron chi connectivity index (χ0n) is 9.44. The smallest absolute Gasteiger partial charge is 0.125 e. The van der Waals surface area contributed by atoms with Gasteiger partial charge in [0, 0.05) is 11.9 Å². The summed E-state index contributed by atoms with van der Waals surface area (Å²) < 4.78 is 15.0. The summed E-state index contributed by atoms with van der Waals surface area (Å²) in [5.41, 5.74) is 1.23. The Labute approximate surface area is 103 Å². The van der Waals surface area contributed by atoms with E-state index in [4.69, 9.17) is 5.26 Å². The Bertz CT molecular complexity index is 598. The maximum atomic E-state index is 13.2. The molecule has 0 spiro atoms. The fourth-order valence-electron chi connectivity index (χ4n) is 1.49. The van der Waals surface area contributed by atoms with E-state index < -0.39 is 5.82 Å². The molecule has 0 N–H and O–H groups in total. The summed E-state index contributed by atoms with van der Waals surface area (Å²) in [6, 6.07) is 8.15. The van der Waals surface area contributed by atoms with Gasteiger partial charge in [0.25, 0.3) is 0 Å².